The summed E-state index contributed by atoms with van der Waals surface area (Å²) in [5, 5.41) is 0. The van der Waals surface area contributed by atoms with Crippen LogP contribution in [0.2, 0.25) is 52.4 Å². The van der Waals surface area contributed by atoms with Crippen molar-refractivity contribution in [1.29, 1.82) is 0 Å². The number of hydrogen-bond donors (Lipinski definition) is 0. The van der Waals surface area contributed by atoms with Crippen LogP contribution in [0.3, 0.4) is 0 Å². The molecule has 0 aromatic carbocycles. The Balaban J connectivity index is 0.000000188. The van der Waals surface area contributed by atoms with Crippen molar-refractivity contribution in [3.63, 3.8) is 0 Å². The van der Waals surface area contributed by atoms with E-state index in [0.29, 0.717) is 0 Å². The molecular weight excluding hydrogens is 581 g/mol. The molecule has 5 atom stereocenters. The van der Waals surface area contributed by atoms with E-state index in [4.69, 9.17) is 47.1 Å². The Morgan fingerprint density at radius 3 is 0.941 bits per heavy atom. The maximum Gasteiger partial charge on any atom is 0.349 e. The fraction of sp³-hybridized carbons (Fsp3) is 1.00. The first kappa shape index (κ1) is 29.8. The summed E-state index contributed by atoms with van der Waals surface area (Å²) < 4.78 is 64.5. The quantitative estimate of drug-likeness (QED) is 0.314. The smallest absolute Gasteiger partial charge is 0.349 e. The highest BCUT2D eigenvalue weighted by atomic mass is 28.5. The van der Waals surface area contributed by atoms with Gasteiger partial charge >= 0.3 is 44.3 Å². The van der Waals surface area contributed by atoms with Gasteiger partial charge in [-0.1, -0.05) is 7.43 Å². The normalized spacial score (nSPS) is 52.9. The summed E-state index contributed by atoms with van der Waals surface area (Å²) >= 11 is 0. The van der Waals surface area contributed by atoms with E-state index in [-0.39, 0.29) is 24.6 Å². The predicted octanol–water partition coefficient (Wildman–Crippen LogP) is 0.0504. The molecule has 0 aromatic heterocycles. The van der Waals surface area contributed by atoms with Crippen molar-refractivity contribution in [1.82, 2.24) is 0 Å². The van der Waals surface area contributed by atoms with Gasteiger partial charge in [0.15, 0.2) is 0 Å². The fourth-order valence-corrected chi connectivity index (χ4v) is 35.8. The van der Waals surface area contributed by atoms with E-state index in [1.807, 2.05) is 32.7 Å². The Bertz CT molecular complexity index is 627. The minimum atomic E-state index is -2.26. The molecule has 5 rings (SSSR count). The number of hydrogen-bond acceptors (Lipinski definition) is 11. The molecule has 5 saturated heterocycles. The van der Waals surface area contributed by atoms with Crippen LogP contribution in [0, 0.1) is 0 Å². The van der Waals surface area contributed by atoms with Crippen LogP contribution >= 0.6 is 0 Å². The zero-order valence-corrected chi connectivity index (χ0v) is 29.5. The van der Waals surface area contributed by atoms with Gasteiger partial charge in [0.25, 0.3) is 27.9 Å². The van der Waals surface area contributed by atoms with Crippen LogP contribution in [-0.2, 0) is 47.1 Å². The summed E-state index contributed by atoms with van der Waals surface area (Å²) in [7, 11) is -14.8. The zero-order chi connectivity index (χ0) is 24.0. The first-order valence-electron chi connectivity index (χ1n) is 11.6. The maximum atomic E-state index is 6.19. The molecule has 0 aromatic rings. The lowest BCUT2D eigenvalue weighted by Crippen LogP contribution is -2.62. The van der Waals surface area contributed by atoms with Crippen LogP contribution < -0.4 is 0 Å². The average Bonchev–Trinajstić information content (AvgIpc) is 3.55. The molecule has 0 N–H and O–H groups in total. The molecule has 200 valence electrons. The topological polar surface area (TPSA) is 111 Å². The molecule has 0 saturated carbocycles. The van der Waals surface area contributed by atoms with Crippen LogP contribution in [0.4, 0.5) is 0 Å². The van der Waals surface area contributed by atoms with Gasteiger partial charge in [0, 0.05) is 0 Å². The van der Waals surface area contributed by atoms with Gasteiger partial charge in [-0.05, 0) is 52.4 Å². The van der Waals surface area contributed by atoms with Crippen molar-refractivity contribution in [2.24, 2.45) is 0 Å². The lowest BCUT2D eigenvalue weighted by Gasteiger charge is -2.40. The summed E-state index contributed by atoms with van der Waals surface area (Å²) in [4.78, 5) is 0. The van der Waals surface area contributed by atoms with Crippen LogP contribution in [-0.4, -0.2) is 109 Å². The largest absolute Gasteiger partial charge is 0.420 e. The van der Waals surface area contributed by atoms with E-state index in [9.17, 15) is 0 Å². The third-order valence-electron chi connectivity index (χ3n) is 5.92. The van der Waals surface area contributed by atoms with Gasteiger partial charge in [-0.2, -0.15) is 0 Å². The van der Waals surface area contributed by atoms with Crippen molar-refractivity contribution >= 4 is 72.1 Å². The van der Waals surface area contributed by atoms with Crippen molar-refractivity contribution in [2.45, 2.75) is 77.0 Å². The lowest BCUT2D eigenvalue weighted by atomic mass is 11.0. The molecule has 34 heavy (non-hydrogen) atoms. The molecule has 0 spiro atoms. The van der Waals surface area contributed by atoms with Crippen molar-refractivity contribution in [3.05, 3.63) is 0 Å². The molecule has 11 nitrogen and oxygen atoms in total. The van der Waals surface area contributed by atoms with Gasteiger partial charge in [-0.15, -0.1) is 0 Å². The number of ether oxygens (including phenoxy) is 3. The minimum absolute atomic E-state index is 0. The molecule has 0 bridgehead atoms. The second-order valence-corrected chi connectivity index (χ2v) is 30.9. The third kappa shape index (κ3) is 7.90. The van der Waals surface area contributed by atoms with Crippen molar-refractivity contribution in [2.75, 3.05) is 19.8 Å². The second-order valence-electron chi connectivity index (χ2n) is 9.33. The van der Waals surface area contributed by atoms with Crippen molar-refractivity contribution < 1.29 is 47.1 Å². The molecular formula is C15H42O11Si8. The Hall–Kier alpha value is 1.30. The lowest BCUT2D eigenvalue weighted by molar-refractivity contribution is 0.236. The van der Waals surface area contributed by atoms with Crippen LogP contribution in [0.5, 0.6) is 0 Å². The Kier molecular flexibility index (Phi) is 10.2. The highest BCUT2D eigenvalue weighted by Gasteiger charge is 2.58. The SMILES string of the molecule is C.C[SiH]1O[SiH](C)O[Si](C)(C2CO2)O[SiH](C)O1.C[SiH]1O[Si](C)(C2CO2)O[SiH](C)O[Si](C)(C2CO2)O1. The molecule has 0 amide bonds. The minimum Gasteiger partial charge on any atom is -0.420 e. The third-order valence-corrected chi connectivity index (χ3v) is 35.8. The van der Waals surface area contributed by atoms with E-state index < -0.39 is 72.1 Å². The summed E-state index contributed by atoms with van der Waals surface area (Å²) in [5.41, 5.74) is 0.528. The van der Waals surface area contributed by atoms with Gasteiger partial charge < -0.3 is 47.1 Å². The van der Waals surface area contributed by atoms with E-state index in [0.717, 1.165) is 19.8 Å². The zero-order valence-electron chi connectivity index (χ0n) is 20.7. The highest BCUT2D eigenvalue weighted by molar-refractivity contribution is 6.86. The van der Waals surface area contributed by atoms with Gasteiger partial charge in [-0.25, -0.2) is 0 Å². The Morgan fingerprint density at radius 1 is 0.471 bits per heavy atom. The van der Waals surface area contributed by atoms with Crippen LogP contribution in [0.1, 0.15) is 7.43 Å². The standard InChI is InChI=1S/C8H20O6Si4.C6H18O5Si4.CH4/c1-15-11-17(3,7-5-9-7)13-16(2)14-18(4,12-15)8-6-10-8;1-12-8-13(2)10-15(4,6-5-7-6)11-14(3)9-12;/h7-8,15-16H,5-6H2,1-4H3;6,12-14H,5H2,1-4H3;1H4. The molecule has 5 fully saturated rings. The summed E-state index contributed by atoms with van der Waals surface area (Å²) in [6.07, 6.45) is 0. The predicted molar refractivity (Wildman–Crippen MR) is 145 cm³/mol. The molecule has 19 heteroatoms. The van der Waals surface area contributed by atoms with Gasteiger partial charge in [0.05, 0.1) is 19.8 Å². The van der Waals surface area contributed by atoms with E-state index in [1.165, 1.54) is 0 Å². The summed E-state index contributed by atoms with van der Waals surface area (Å²) in [6.45, 7) is 18.7. The van der Waals surface area contributed by atoms with Gasteiger partial charge in [0.2, 0.25) is 0 Å². The van der Waals surface area contributed by atoms with E-state index >= 15 is 0 Å². The molecule has 5 heterocycles. The number of rotatable bonds is 3. The Labute approximate surface area is 215 Å². The van der Waals surface area contributed by atoms with Crippen LogP contribution in [0.15, 0.2) is 0 Å². The van der Waals surface area contributed by atoms with Crippen LogP contribution in [0.25, 0.3) is 0 Å². The molecule has 5 aliphatic rings. The summed E-state index contributed by atoms with van der Waals surface area (Å²) in [5.74, 6) is 0. The number of epoxide rings is 3. The fourth-order valence-electron chi connectivity index (χ4n) is 4.24. The van der Waals surface area contributed by atoms with E-state index in [2.05, 4.69) is 19.6 Å². The molecule has 5 unspecified atom stereocenters. The van der Waals surface area contributed by atoms with Gasteiger partial charge in [-0.3, -0.25) is 0 Å². The average molecular weight is 623 g/mol. The molecule has 0 radical (unpaired) electrons. The molecule has 0 aliphatic carbocycles. The Morgan fingerprint density at radius 2 is 0.706 bits per heavy atom. The first-order chi connectivity index (χ1) is 15.4. The second kappa shape index (κ2) is 11.6. The summed E-state index contributed by atoms with van der Waals surface area (Å²) in [6, 6.07) is 0. The monoisotopic (exact) mass is 622 g/mol. The molecule has 5 aliphatic heterocycles. The van der Waals surface area contributed by atoms with E-state index in [1.54, 1.807) is 0 Å². The maximum absolute atomic E-state index is 6.19. The van der Waals surface area contributed by atoms with Gasteiger partial charge in [0.1, 0.15) is 17.2 Å². The highest BCUT2D eigenvalue weighted by Crippen LogP contribution is 2.33. The van der Waals surface area contributed by atoms with Crippen molar-refractivity contribution in [3.8, 4) is 0 Å². The first-order valence-corrected chi connectivity index (χ1v) is 29.3.